The zero-order valence-electron chi connectivity index (χ0n) is 9.91. The third-order valence-corrected chi connectivity index (χ3v) is 2.78. The lowest BCUT2D eigenvalue weighted by molar-refractivity contribution is -0.176. The van der Waals surface area contributed by atoms with Gasteiger partial charge in [0.1, 0.15) is 12.3 Å². The molecule has 0 aromatic carbocycles. The van der Waals surface area contributed by atoms with E-state index in [1.807, 2.05) is 0 Å². The lowest BCUT2D eigenvalue weighted by Crippen LogP contribution is -2.17. The van der Waals surface area contributed by atoms with Gasteiger partial charge < -0.3 is 9.84 Å². The van der Waals surface area contributed by atoms with E-state index in [2.05, 4.69) is 9.72 Å². The molecule has 1 aromatic rings. The molecule has 0 atom stereocenters. The second-order valence-corrected chi connectivity index (χ2v) is 4.46. The van der Waals surface area contributed by atoms with Crippen molar-refractivity contribution in [3.05, 3.63) is 29.1 Å². The van der Waals surface area contributed by atoms with Crippen molar-refractivity contribution in [1.82, 2.24) is 4.98 Å². The Balaban J connectivity index is 2.11. The van der Waals surface area contributed by atoms with Crippen LogP contribution in [0.1, 0.15) is 40.4 Å². The van der Waals surface area contributed by atoms with Gasteiger partial charge in [-0.05, 0) is 36.0 Å². The number of ether oxygens (including phenoxy) is 1. The summed E-state index contributed by atoms with van der Waals surface area (Å²) in [7, 11) is 0. The number of nitrogens with zero attached hydrogens (tertiary/aromatic N) is 1. The summed E-state index contributed by atoms with van der Waals surface area (Å²) in [5.74, 6) is -0.945. The molecule has 1 aliphatic rings. The van der Waals surface area contributed by atoms with E-state index in [-0.39, 0.29) is 18.2 Å². The number of carboxylic acid groups (broad SMARTS) is 1. The maximum absolute atomic E-state index is 12.0. The highest BCUT2D eigenvalue weighted by molar-refractivity contribution is 5.85. The van der Waals surface area contributed by atoms with Gasteiger partial charge in [0.05, 0.1) is 6.61 Å². The Kier molecular flexibility index (Phi) is 3.75. The minimum atomic E-state index is -4.39. The highest BCUT2D eigenvalue weighted by Gasteiger charge is 2.29. The molecule has 1 N–H and O–H groups in total. The molecule has 104 valence electrons. The quantitative estimate of drug-likeness (QED) is 0.897. The lowest BCUT2D eigenvalue weighted by Gasteiger charge is -2.11. The Labute approximate surface area is 107 Å². The van der Waals surface area contributed by atoms with E-state index in [1.54, 1.807) is 0 Å². The van der Waals surface area contributed by atoms with Gasteiger partial charge in [0, 0.05) is 6.20 Å². The summed E-state index contributed by atoms with van der Waals surface area (Å²) in [5, 5.41) is 8.83. The Morgan fingerprint density at radius 1 is 1.47 bits per heavy atom. The average Bonchev–Trinajstić information content (AvgIpc) is 3.11. The van der Waals surface area contributed by atoms with Crippen LogP contribution < -0.4 is 0 Å². The van der Waals surface area contributed by atoms with Crippen molar-refractivity contribution < 1.29 is 27.8 Å². The van der Waals surface area contributed by atoms with Crippen molar-refractivity contribution in [3.63, 3.8) is 0 Å². The van der Waals surface area contributed by atoms with E-state index < -0.39 is 18.8 Å². The molecule has 1 saturated carbocycles. The average molecular weight is 275 g/mol. The van der Waals surface area contributed by atoms with Crippen molar-refractivity contribution in [2.24, 2.45) is 0 Å². The molecule has 4 nitrogen and oxygen atoms in total. The van der Waals surface area contributed by atoms with Crippen molar-refractivity contribution in [2.45, 2.75) is 31.5 Å². The Hall–Kier alpha value is -1.63. The van der Waals surface area contributed by atoms with Crippen LogP contribution in [0.3, 0.4) is 0 Å². The standard InChI is InChI=1S/C12H12F3NO3/c13-12(14,15)6-19-5-8-3-10(11(17)18)16-4-9(8)7-1-2-7/h3-4,7H,1-2,5-6H2,(H,17,18). The van der Waals surface area contributed by atoms with Gasteiger partial charge in [-0.1, -0.05) is 0 Å². The van der Waals surface area contributed by atoms with Crippen LogP contribution in [0, 0.1) is 0 Å². The highest BCUT2D eigenvalue weighted by Crippen LogP contribution is 2.41. The first-order chi connectivity index (χ1) is 8.87. The van der Waals surface area contributed by atoms with Gasteiger partial charge in [-0.25, -0.2) is 9.78 Å². The van der Waals surface area contributed by atoms with Crippen molar-refractivity contribution in [2.75, 3.05) is 6.61 Å². The number of halogens is 3. The molecular formula is C12H12F3NO3. The van der Waals surface area contributed by atoms with E-state index in [9.17, 15) is 18.0 Å². The normalized spacial score (nSPS) is 15.5. The zero-order chi connectivity index (χ0) is 14.0. The minimum absolute atomic E-state index is 0.185. The molecule has 1 aromatic heterocycles. The van der Waals surface area contributed by atoms with Gasteiger partial charge in [-0.2, -0.15) is 13.2 Å². The van der Waals surface area contributed by atoms with Gasteiger partial charge in [0.15, 0.2) is 0 Å². The first-order valence-electron chi connectivity index (χ1n) is 5.73. The molecule has 0 bridgehead atoms. The highest BCUT2D eigenvalue weighted by atomic mass is 19.4. The van der Waals surface area contributed by atoms with E-state index in [0.29, 0.717) is 5.56 Å². The largest absolute Gasteiger partial charge is 0.477 e. The van der Waals surface area contributed by atoms with Crippen molar-refractivity contribution in [3.8, 4) is 0 Å². The second-order valence-electron chi connectivity index (χ2n) is 4.46. The first kappa shape index (κ1) is 13.8. The number of aromatic carboxylic acids is 1. The predicted octanol–water partition coefficient (Wildman–Crippen LogP) is 2.74. The number of carbonyl (C=O) groups is 1. The van der Waals surface area contributed by atoms with Crippen LogP contribution in [0.25, 0.3) is 0 Å². The predicted molar refractivity (Wildman–Crippen MR) is 58.9 cm³/mol. The summed E-state index contributed by atoms with van der Waals surface area (Å²) in [6, 6.07) is 1.28. The molecule has 0 aliphatic heterocycles. The molecule has 0 radical (unpaired) electrons. The van der Waals surface area contributed by atoms with Crippen LogP contribution in [0.4, 0.5) is 13.2 Å². The lowest BCUT2D eigenvalue weighted by atomic mass is 10.1. The monoisotopic (exact) mass is 275 g/mol. The molecule has 7 heteroatoms. The van der Waals surface area contributed by atoms with E-state index >= 15 is 0 Å². The third-order valence-electron chi connectivity index (χ3n) is 2.78. The van der Waals surface area contributed by atoms with Crippen LogP contribution in [0.2, 0.25) is 0 Å². The zero-order valence-corrected chi connectivity index (χ0v) is 9.91. The van der Waals surface area contributed by atoms with E-state index in [4.69, 9.17) is 5.11 Å². The van der Waals surface area contributed by atoms with Crippen molar-refractivity contribution >= 4 is 5.97 Å². The van der Waals surface area contributed by atoms with Gasteiger partial charge in [0.2, 0.25) is 0 Å². The third kappa shape index (κ3) is 3.92. The molecule has 0 unspecified atom stereocenters. The second kappa shape index (κ2) is 5.16. The summed E-state index contributed by atoms with van der Waals surface area (Å²) >= 11 is 0. The summed E-state index contributed by atoms with van der Waals surface area (Å²) in [4.78, 5) is 14.6. The SMILES string of the molecule is O=C(O)c1cc(COCC(F)(F)F)c(C2CC2)cn1. The Morgan fingerprint density at radius 3 is 2.68 bits per heavy atom. The molecule has 0 saturated heterocycles. The number of alkyl halides is 3. The number of hydrogen-bond acceptors (Lipinski definition) is 3. The molecular weight excluding hydrogens is 263 g/mol. The van der Waals surface area contributed by atoms with Crippen molar-refractivity contribution in [1.29, 1.82) is 0 Å². The number of aromatic nitrogens is 1. The molecule has 1 fully saturated rings. The first-order valence-corrected chi connectivity index (χ1v) is 5.73. The smallest absolute Gasteiger partial charge is 0.411 e. The molecule has 1 aliphatic carbocycles. The fourth-order valence-electron chi connectivity index (χ4n) is 1.79. The van der Waals surface area contributed by atoms with Crippen LogP contribution in [0.15, 0.2) is 12.3 Å². The number of carboxylic acids is 1. The Morgan fingerprint density at radius 2 is 2.16 bits per heavy atom. The molecule has 19 heavy (non-hydrogen) atoms. The van der Waals surface area contributed by atoms with Crippen LogP contribution in [-0.4, -0.2) is 28.8 Å². The van der Waals surface area contributed by atoms with Crippen LogP contribution >= 0.6 is 0 Å². The minimum Gasteiger partial charge on any atom is -0.477 e. The van der Waals surface area contributed by atoms with E-state index in [0.717, 1.165) is 18.4 Å². The van der Waals surface area contributed by atoms with E-state index in [1.165, 1.54) is 12.3 Å². The topological polar surface area (TPSA) is 59.4 Å². The summed E-state index contributed by atoms with van der Waals surface area (Å²) in [6.45, 7) is -1.60. The Bertz CT molecular complexity index is 484. The van der Waals surface area contributed by atoms with Crippen LogP contribution in [0.5, 0.6) is 0 Å². The van der Waals surface area contributed by atoms with Crippen LogP contribution in [-0.2, 0) is 11.3 Å². The molecule has 1 heterocycles. The molecule has 0 amide bonds. The maximum Gasteiger partial charge on any atom is 0.411 e. The number of pyridine rings is 1. The van der Waals surface area contributed by atoms with Gasteiger partial charge in [-0.3, -0.25) is 0 Å². The maximum atomic E-state index is 12.0. The van der Waals surface area contributed by atoms with Gasteiger partial charge in [-0.15, -0.1) is 0 Å². The van der Waals surface area contributed by atoms with Gasteiger partial charge >= 0.3 is 12.1 Å². The molecule has 0 spiro atoms. The summed E-state index contributed by atoms with van der Waals surface area (Å²) in [5.41, 5.74) is 1.07. The summed E-state index contributed by atoms with van der Waals surface area (Å²) < 4.78 is 40.6. The summed E-state index contributed by atoms with van der Waals surface area (Å²) in [6.07, 6.45) is -1.07. The fraction of sp³-hybridized carbons (Fsp3) is 0.500. The molecule has 2 rings (SSSR count). The fourth-order valence-corrected chi connectivity index (χ4v) is 1.79. The van der Waals surface area contributed by atoms with Gasteiger partial charge in [0.25, 0.3) is 0 Å². The number of rotatable bonds is 5. The number of hydrogen-bond donors (Lipinski definition) is 1.